The number of fused-ring (bicyclic) bond motifs is 1. The van der Waals surface area contributed by atoms with Crippen LogP contribution in [0.2, 0.25) is 0 Å². The minimum atomic E-state index is 0.230. The molecule has 2 heteroatoms. The lowest BCUT2D eigenvalue weighted by atomic mass is 10.0. The number of furan rings is 1. The molecule has 0 unspecified atom stereocenters. The predicted octanol–water partition coefficient (Wildman–Crippen LogP) is 3.32. The van der Waals surface area contributed by atoms with Gasteiger partial charge in [-0.15, -0.1) is 0 Å². The van der Waals surface area contributed by atoms with Crippen LogP contribution in [0.3, 0.4) is 0 Å². The Morgan fingerprint density at radius 2 is 2.00 bits per heavy atom. The second-order valence-electron chi connectivity index (χ2n) is 3.58. The Balaban J connectivity index is 2.92. The zero-order valence-corrected chi connectivity index (χ0v) is 8.72. The largest absolute Gasteiger partial charge is 0.504 e. The van der Waals surface area contributed by atoms with Crippen molar-refractivity contribution in [1.29, 1.82) is 0 Å². The molecular formula is C12H14O2. The molecule has 74 valence electrons. The van der Waals surface area contributed by atoms with Crippen molar-refractivity contribution in [2.45, 2.75) is 27.2 Å². The fourth-order valence-corrected chi connectivity index (χ4v) is 1.83. The van der Waals surface area contributed by atoms with E-state index < -0.39 is 0 Å². The highest BCUT2D eigenvalue weighted by Gasteiger charge is 2.13. The highest BCUT2D eigenvalue weighted by Crippen LogP contribution is 2.34. The van der Waals surface area contributed by atoms with Gasteiger partial charge >= 0.3 is 0 Å². The van der Waals surface area contributed by atoms with Crippen molar-refractivity contribution < 1.29 is 9.52 Å². The number of benzene rings is 1. The van der Waals surface area contributed by atoms with E-state index in [4.69, 9.17) is 4.42 Å². The van der Waals surface area contributed by atoms with E-state index in [-0.39, 0.29) is 5.75 Å². The predicted molar refractivity (Wildman–Crippen MR) is 56.7 cm³/mol. The normalized spacial score (nSPS) is 11.1. The van der Waals surface area contributed by atoms with Gasteiger partial charge in [0.05, 0.1) is 0 Å². The minimum absolute atomic E-state index is 0.230. The summed E-state index contributed by atoms with van der Waals surface area (Å²) in [5.41, 5.74) is 2.99. The van der Waals surface area contributed by atoms with Gasteiger partial charge in [0.25, 0.3) is 0 Å². The molecule has 0 aliphatic rings. The molecule has 0 aliphatic heterocycles. The molecule has 14 heavy (non-hydrogen) atoms. The molecule has 2 aromatic rings. The molecule has 1 N–H and O–H groups in total. The van der Waals surface area contributed by atoms with Crippen molar-refractivity contribution >= 4 is 11.0 Å². The standard InChI is InChI=1S/C12H14O2/c1-4-9-5-6-10(13)12-11(9)7(2)8(3)14-12/h5-6,13H,4H2,1-3H3. The summed E-state index contributed by atoms with van der Waals surface area (Å²) in [4.78, 5) is 0. The van der Waals surface area contributed by atoms with Crippen LogP contribution in [0.5, 0.6) is 5.75 Å². The number of aromatic hydroxyl groups is 1. The SMILES string of the molecule is CCc1ccc(O)c2oc(C)c(C)c12. The van der Waals surface area contributed by atoms with E-state index in [0.717, 1.165) is 23.1 Å². The van der Waals surface area contributed by atoms with E-state index in [0.29, 0.717) is 5.58 Å². The van der Waals surface area contributed by atoms with Crippen LogP contribution in [0.1, 0.15) is 23.8 Å². The van der Waals surface area contributed by atoms with Gasteiger partial charge in [-0.2, -0.15) is 0 Å². The molecule has 0 atom stereocenters. The van der Waals surface area contributed by atoms with Crippen molar-refractivity contribution in [3.05, 3.63) is 29.0 Å². The molecule has 0 saturated carbocycles. The van der Waals surface area contributed by atoms with Crippen LogP contribution in [-0.2, 0) is 6.42 Å². The Bertz CT molecular complexity index is 481. The van der Waals surface area contributed by atoms with Crippen molar-refractivity contribution in [3.63, 3.8) is 0 Å². The van der Waals surface area contributed by atoms with Crippen molar-refractivity contribution in [1.82, 2.24) is 0 Å². The van der Waals surface area contributed by atoms with E-state index in [9.17, 15) is 5.11 Å². The summed E-state index contributed by atoms with van der Waals surface area (Å²) in [6.45, 7) is 6.06. The van der Waals surface area contributed by atoms with Crippen molar-refractivity contribution in [2.75, 3.05) is 0 Å². The average molecular weight is 190 g/mol. The lowest BCUT2D eigenvalue weighted by Gasteiger charge is -2.00. The van der Waals surface area contributed by atoms with Crippen LogP contribution in [0, 0.1) is 13.8 Å². The number of phenolic OH excluding ortho intramolecular Hbond substituents is 1. The first-order valence-electron chi connectivity index (χ1n) is 4.85. The van der Waals surface area contributed by atoms with E-state index in [2.05, 4.69) is 6.92 Å². The Morgan fingerprint density at radius 3 is 2.64 bits per heavy atom. The second-order valence-corrected chi connectivity index (χ2v) is 3.58. The third-order valence-electron chi connectivity index (χ3n) is 2.76. The summed E-state index contributed by atoms with van der Waals surface area (Å²) in [5.74, 6) is 1.12. The van der Waals surface area contributed by atoms with Crippen molar-refractivity contribution in [3.8, 4) is 5.75 Å². The fourth-order valence-electron chi connectivity index (χ4n) is 1.83. The average Bonchev–Trinajstić information content (AvgIpc) is 2.47. The summed E-state index contributed by atoms with van der Waals surface area (Å²) in [6, 6.07) is 3.66. The maximum Gasteiger partial charge on any atom is 0.176 e. The highest BCUT2D eigenvalue weighted by atomic mass is 16.4. The van der Waals surface area contributed by atoms with Gasteiger partial charge in [-0.3, -0.25) is 0 Å². The topological polar surface area (TPSA) is 33.4 Å². The molecule has 0 bridgehead atoms. The number of aryl methyl sites for hydroxylation is 3. The highest BCUT2D eigenvalue weighted by molar-refractivity contribution is 5.89. The van der Waals surface area contributed by atoms with Crippen LogP contribution in [-0.4, -0.2) is 5.11 Å². The maximum atomic E-state index is 9.64. The first kappa shape index (κ1) is 9.13. The fraction of sp³-hybridized carbons (Fsp3) is 0.333. The Labute approximate surface area is 83.2 Å². The summed E-state index contributed by atoms with van der Waals surface area (Å²) < 4.78 is 5.52. The van der Waals surface area contributed by atoms with Gasteiger partial charge in [0.1, 0.15) is 5.76 Å². The molecule has 0 aliphatic carbocycles. The molecule has 1 aromatic heterocycles. The quantitative estimate of drug-likeness (QED) is 0.748. The lowest BCUT2D eigenvalue weighted by molar-refractivity contribution is 0.461. The van der Waals surface area contributed by atoms with Gasteiger partial charge in [-0.25, -0.2) is 0 Å². The minimum Gasteiger partial charge on any atom is -0.504 e. The van der Waals surface area contributed by atoms with Gasteiger partial charge in [0.2, 0.25) is 0 Å². The number of rotatable bonds is 1. The summed E-state index contributed by atoms with van der Waals surface area (Å²) in [6.07, 6.45) is 0.955. The first-order chi connectivity index (χ1) is 6.65. The number of hydrogen-bond acceptors (Lipinski definition) is 2. The molecule has 2 nitrogen and oxygen atoms in total. The van der Waals surface area contributed by atoms with Crippen LogP contribution < -0.4 is 0 Å². The maximum absolute atomic E-state index is 9.64. The molecule has 0 fully saturated rings. The Morgan fingerprint density at radius 1 is 1.29 bits per heavy atom. The van der Waals surface area contributed by atoms with Gasteiger partial charge in [0.15, 0.2) is 11.3 Å². The van der Waals surface area contributed by atoms with Gasteiger partial charge in [0, 0.05) is 5.39 Å². The molecule has 0 saturated heterocycles. The van der Waals surface area contributed by atoms with Crippen LogP contribution >= 0.6 is 0 Å². The van der Waals surface area contributed by atoms with Gasteiger partial charge in [-0.05, 0) is 37.5 Å². The molecule has 0 spiro atoms. The Kier molecular flexibility index (Phi) is 1.99. The molecule has 1 heterocycles. The van der Waals surface area contributed by atoms with Crippen LogP contribution in [0.4, 0.5) is 0 Å². The molecule has 0 amide bonds. The van der Waals surface area contributed by atoms with Gasteiger partial charge in [-0.1, -0.05) is 13.0 Å². The van der Waals surface area contributed by atoms with E-state index in [1.54, 1.807) is 6.07 Å². The third kappa shape index (κ3) is 1.10. The first-order valence-corrected chi connectivity index (χ1v) is 4.85. The van der Waals surface area contributed by atoms with E-state index in [1.165, 1.54) is 5.56 Å². The second kappa shape index (κ2) is 3.05. The third-order valence-corrected chi connectivity index (χ3v) is 2.76. The molecule has 2 rings (SSSR count). The summed E-state index contributed by atoms with van der Waals surface area (Å²) in [5, 5.41) is 10.7. The van der Waals surface area contributed by atoms with Crippen LogP contribution in [0.15, 0.2) is 16.5 Å². The van der Waals surface area contributed by atoms with Gasteiger partial charge < -0.3 is 9.52 Å². The van der Waals surface area contributed by atoms with Crippen LogP contribution in [0.25, 0.3) is 11.0 Å². The van der Waals surface area contributed by atoms with Crippen molar-refractivity contribution in [2.24, 2.45) is 0 Å². The number of hydrogen-bond donors (Lipinski definition) is 1. The zero-order valence-electron chi connectivity index (χ0n) is 8.72. The zero-order chi connectivity index (χ0) is 10.3. The van der Waals surface area contributed by atoms with E-state index >= 15 is 0 Å². The molecule has 1 aromatic carbocycles. The lowest BCUT2D eigenvalue weighted by Crippen LogP contribution is -1.83. The van der Waals surface area contributed by atoms with E-state index in [1.807, 2.05) is 19.9 Å². The molecule has 0 radical (unpaired) electrons. The smallest absolute Gasteiger partial charge is 0.176 e. The Hall–Kier alpha value is -1.44. The molecular weight excluding hydrogens is 176 g/mol. The monoisotopic (exact) mass is 190 g/mol. The summed E-state index contributed by atoms with van der Waals surface area (Å²) in [7, 11) is 0. The number of phenols is 1. The summed E-state index contributed by atoms with van der Waals surface area (Å²) >= 11 is 0.